The van der Waals surface area contributed by atoms with Crippen LogP contribution in [0.3, 0.4) is 0 Å². The van der Waals surface area contributed by atoms with Crippen molar-refractivity contribution in [3.05, 3.63) is 54.2 Å². The van der Waals surface area contributed by atoms with Gasteiger partial charge in [0.1, 0.15) is 11.4 Å². The number of aromatic nitrogens is 2. The highest BCUT2D eigenvalue weighted by Crippen LogP contribution is 2.15. The SMILES string of the molecule is CC(CCc1ccco1)NCc1c[nH]c2ncccc12. The molecule has 4 heteroatoms. The summed E-state index contributed by atoms with van der Waals surface area (Å²) in [6.45, 7) is 3.06. The minimum absolute atomic E-state index is 0.446. The lowest BCUT2D eigenvalue weighted by Gasteiger charge is -2.12. The van der Waals surface area contributed by atoms with Gasteiger partial charge in [-0.1, -0.05) is 0 Å². The van der Waals surface area contributed by atoms with Gasteiger partial charge in [-0.2, -0.15) is 0 Å². The van der Waals surface area contributed by atoms with Crippen molar-refractivity contribution in [2.45, 2.75) is 32.4 Å². The maximum atomic E-state index is 5.35. The molecule has 3 heterocycles. The predicted molar refractivity (Wildman–Crippen MR) is 79.4 cm³/mol. The first kappa shape index (κ1) is 12.9. The molecule has 1 unspecified atom stereocenters. The van der Waals surface area contributed by atoms with Gasteiger partial charge in [-0.25, -0.2) is 4.98 Å². The van der Waals surface area contributed by atoms with Crippen LogP contribution in [0, 0.1) is 0 Å². The van der Waals surface area contributed by atoms with Crippen LogP contribution in [0.15, 0.2) is 47.3 Å². The number of nitrogens with zero attached hydrogens (tertiary/aromatic N) is 1. The molecule has 0 radical (unpaired) electrons. The molecule has 0 saturated carbocycles. The van der Waals surface area contributed by atoms with Crippen molar-refractivity contribution in [1.29, 1.82) is 0 Å². The second-order valence-electron chi connectivity index (χ2n) is 5.11. The lowest BCUT2D eigenvalue weighted by molar-refractivity contribution is 0.460. The molecular formula is C16H19N3O. The van der Waals surface area contributed by atoms with Crippen molar-refractivity contribution in [2.24, 2.45) is 0 Å². The molecule has 0 aromatic carbocycles. The van der Waals surface area contributed by atoms with E-state index in [-0.39, 0.29) is 0 Å². The number of aromatic amines is 1. The summed E-state index contributed by atoms with van der Waals surface area (Å²) in [7, 11) is 0. The van der Waals surface area contributed by atoms with Crippen molar-refractivity contribution in [3.63, 3.8) is 0 Å². The molecule has 3 rings (SSSR count). The Morgan fingerprint density at radius 1 is 1.35 bits per heavy atom. The van der Waals surface area contributed by atoms with Crippen LogP contribution in [0.4, 0.5) is 0 Å². The highest BCUT2D eigenvalue weighted by atomic mass is 16.3. The summed E-state index contributed by atoms with van der Waals surface area (Å²) in [5.74, 6) is 1.05. The second kappa shape index (κ2) is 5.92. The van der Waals surface area contributed by atoms with Crippen LogP contribution in [0.2, 0.25) is 0 Å². The van der Waals surface area contributed by atoms with Gasteiger partial charge in [0, 0.05) is 36.8 Å². The van der Waals surface area contributed by atoms with E-state index in [1.807, 2.05) is 30.6 Å². The van der Waals surface area contributed by atoms with Crippen LogP contribution in [-0.2, 0) is 13.0 Å². The highest BCUT2D eigenvalue weighted by Gasteiger charge is 2.07. The number of rotatable bonds is 6. The third-order valence-corrected chi connectivity index (χ3v) is 3.58. The summed E-state index contributed by atoms with van der Waals surface area (Å²) in [5, 5.41) is 4.74. The fourth-order valence-corrected chi connectivity index (χ4v) is 2.36. The van der Waals surface area contributed by atoms with E-state index in [0.717, 1.165) is 30.8 Å². The first-order valence-corrected chi connectivity index (χ1v) is 6.99. The maximum Gasteiger partial charge on any atom is 0.137 e. The smallest absolute Gasteiger partial charge is 0.137 e. The van der Waals surface area contributed by atoms with Crippen LogP contribution < -0.4 is 5.32 Å². The number of H-pyrrole nitrogens is 1. The Kier molecular flexibility index (Phi) is 3.83. The zero-order chi connectivity index (χ0) is 13.8. The minimum Gasteiger partial charge on any atom is -0.469 e. The predicted octanol–water partition coefficient (Wildman–Crippen LogP) is 3.27. The molecule has 3 aromatic heterocycles. The Balaban J connectivity index is 1.53. The normalized spacial score (nSPS) is 12.8. The molecule has 0 spiro atoms. The first-order valence-electron chi connectivity index (χ1n) is 6.99. The Morgan fingerprint density at radius 3 is 3.15 bits per heavy atom. The number of pyridine rings is 1. The number of fused-ring (bicyclic) bond motifs is 1. The Bertz CT molecular complexity index is 657. The molecule has 0 aliphatic heterocycles. The maximum absolute atomic E-state index is 5.35. The molecule has 0 fully saturated rings. The summed E-state index contributed by atoms with van der Waals surface area (Å²) >= 11 is 0. The Labute approximate surface area is 118 Å². The molecule has 0 saturated heterocycles. The van der Waals surface area contributed by atoms with E-state index in [9.17, 15) is 0 Å². The van der Waals surface area contributed by atoms with Gasteiger partial charge in [0.05, 0.1) is 6.26 Å². The Hall–Kier alpha value is -2.07. The van der Waals surface area contributed by atoms with Crippen molar-refractivity contribution in [1.82, 2.24) is 15.3 Å². The van der Waals surface area contributed by atoms with Gasteiger partial charge >= 0.3 is 0 Å². The first-order chi connectivity index (χ1) is 9.83. The van der Waals surface area contributed by atoms with E-state index in [1.54, 1.807) is 6.26 Å². The van der Waals surface area contributed by atoms with Gasteiger partial charge in [-0.05, 0) is 43.2 Å². The van der Waals surface area contributed by atoms with Crippen molar-refractivity contribution in [3.8, 4) is 0 Å². The van der Waals surface area contributed by atoms with Gasteiger partial charge in [0.2, 0.25) is 0 Å². The minimum atomic E-state index is 0.446. The quantitative estimate of drug-likeness (QED) is 0.722. The number of hydrogen-bond donors (Lipinski definition) is 2. The van der Waals surface area contributed by atoms with E-state index in [1.165, 1.54) is 10.9 Å². The molecule has 1 atom stereocenters. The van der Waals surface area contributed by atoms with Crippen LogP contribution in [0.5, 0.6) is 0 Å². The average molecular weight is 269 g/mol. The lowest BCUT2D eigenvalue weighted by atomic mass is 10.1. The third kappa shape index (κ3) is 2.91. The summed E-state index contributed by atoms with van der Waals surface area (Å²) in [6.07, 6.45) is 7.60. The van der Waals surface area contributed by atoms with Gasteiger partial charge < -0.3 is 14.7 Å². The van der Waals surface area contributed by atoms with Gasteiger partial charge in [-0.15, -0.1) is 0 Å². The summed E-state index contributed by atoms with van der Waals surface area (Å²) in [4.78, 5) is 7.50. The van der Waals surface area contributed by atoms with Crippen LogP contribution in [0.25, 0.3) is 11.0 Å². The van der Waals surface area contributed by atoms with Crippen LogP contribution in [0.1, 0.15) is 24.7 Å². The standard InChI is InChI=1S/C16H19N3O/c1-12(6-7-14-4-3-9-20-14)18-10-13-11-19-16-15(13)5-2-8-17-16/h2-5,8-9,11-12,18H,6-7,10H2,1H3,(H,17,19). The molecule has 0 aliphatic carbocycles. The zero-order valence-corrected chi connectivity index (χ0v) is 11.6. The van der Waals surface area contributed by atoms with Crippen LogP contribution >= 0.6 is 0 Å². The van der Waals surface area contributed by atoms with Crippen molar-refractivity contribution < 1.29 is 4.42 Å². The highest BCUT2D eigenvalue weighted by molar-refractivity contribution is 5.79. The van der Waals surface area contributed by atoms with E-state index in [2.05, 4.69) is 28.3 Å². The van der Waals surface area contributed by atoms with E-state index in [4.69, 9.17) is 4.42 Å². The Morgan fingerprint density at radius 2 is 2.30 bits per heavy atom. The number of nitrogens with one attached hydrogen (secondary N) is 2. The van der Waals surface area contributed by atoms with E-state index >= 15 is 0 Å². The molecule has 104 valence electrons. The average Bonchev–Trinajstić information content (AvgIpc) is 3.12. The summed E-state index contributed by atoms with van der Waals surface area (Å²) in [5.41, 5.74) is 2.21. The fraction of sp³-hybridized carbons (Fsp3) is 0.312. The fourth-order valence-electron chi connectivity index (χ4n) is 2.36. The molecule has 0 bridgehead atoms. The van der Waals surface area contributed by atoms with Gasteiger partial charge in [0.15, 0.2) is 0 Å². The van der Waals surface area contributed by atoms with E-state index < -0.39 is 0 Å². The van der Waals surface area contributed by atoms with Crippen molar-refractivity contribution >= 4 is 11.0 Å². The second-order valence-corrected chi connectivity index (χ2v) is 5.11. The summed E-state index contributed by atoms with van der Waals surface area (Å²) < 4.78 is 5.35. The molecular weight excluding hydrogens is 250 g/mol. The van der Waals surface area contributed by atoms with Crippen molar-refractivity contribution in [2.75, 3.05) is 0 Å². The molecule has 4 nitrogen and oxygen atoms in total. The molecule has 20 heavy (non-hydrogen) atoms. The van der Waals surface area contributed by atoms with E-state index in [0.29, 0.717) is 6.04 Å². The third-order valence-electron chi connectivity index (χ3n) is 3.58. The van der Waals surface area contributed by atoms with Gasteiger partial charge in [-0.3, -0.25) is 0 Å². The van der Waals surface area contributed by atoms with Gasteiger partial charge in [0.25, 0.3) is 0 Å². The number of aryl methyl sites for hydroxylation is 1. The topological polar surface area (TPSA) is 53.9 Å². The van der Waals surface area contributed by atoms with Crippen LogP contribution in [-0.4, -0.2) is 16.0 Å². The lowest BCUT2D eigenvalue weighted by Crippen LogP contribution is -2.25. The zero-order valence-electron chi connectivity index (χ0n) is 11.6. The molecule has 0 aliphatic rings. The summed E-state index contributed by atoms with van der Waals surface area (Å²) in [6, 6.07) is 8.48. The number of hydrogen-bond acceptors (Lipinski definition) is 3. The number of furan rings is 1. The largest absolute Gasteiger partial charge is 0.469 e. The molecule has 2 N–H and O–H groups in total. The molecule has 3 aromatic rings. The molecule has 0 amide bonds. The monoisotopic (exact) mass is 269 g/mol.